The third-order valence-corrected chi connectivity index (χ3v) is 5.62. The van der Waals surface area contributed by atoms with Crippen LogP contribution in [0.3, 0.4) is 0 Å². The van der Waals surface area contributed by atoms with E-state index < -0.39 is 5.97 Å². The molecule has 2 aromatic carbocycles. The molecule has 1 aliphatic rings. The fourth-order valence-corrected chi connectivity index (χ4v) is 4.05. The molecule has 0 N–H and O–H groups in total. The van der Waals surface area contributed by atoms with Crippen LogP contribution in [0.15, 0.2) is 48.5 Å². The van der Waals surface area contributed by atoms with E-state index in [-0.39, 0.29) is 12.4 Å². The Morgan fingerprint density at radius 1 is 1.10 bits per heavy atom. The van der Waals surface area contributed by atoms with E-state index in [4.69, 9.17) is 14.5 Å². The summed E-state index contributed by atoms with van der Waals surface area (Å²) in [5, 5.41) is 0.765. The Bertz CT molecular complexity index is 1110. The number of hydrogen-bond donors (Lipinski definition) is 0. The minimum atomic E-state index is -0.477. The molecule has 0 saturated heterocycles. The van der Waals surface area contributed by atoms with E-state index in [9.17, 15) is 9.59 Å². The molecule has 0 aliphatic carbocycles. The zero-order chi connectivity index (χ0) is 21.8. The lowest BCUT2D eigenvalue weighted by Crippen LogP contribution is -2.33. The van der Waals surface area contributed by atoms with Gasteiger partial charge in [-0.3, -0.25) is 14.7 Å². The largest absolute Gasteiger partial charge is 0.497 e. The normalized spacial score (nSPS) is 13.6. The Kier molecular flexibility index (Phi) is 6.28. The molecular weight excluding hydrogens is 392 g/mol. The summed E-state index contributed by atoms with van der Waals surface area (Å²) in [6.07, 6.45) is 1.84. The van der Waals surface area contributed by atoms with Crippen molar-refractivity contribution in [3.05, 3.63) is 70.9 Å². The van der Waals surface area contributed by atoms with Gasteiger partial charge in [-0.25, -0.2) is 4.79 Å². The molecule has 0 saturated carbocycles. The molecule has 0 bridgehead atoms. The molecule has 0 unspecified atom stereocenters. The van der Waals surface area contributed by atoms with Gasteiger partial charge in [0.2, 0.25) is 0 Å². The van der Waals surface area contributed by atoms with Crippen molar-refractivity contribution in [3.8, 4) is 5.75 Å². The van der Waals surface area contributed by atoms with Gasteiger partial charge in [-0.05, 0) is 43.3 Å². The standard InChI is InChI=1S/C25H26N2O4/c1-3-13-27-14-12-22-20(15-27)24(19-6-4-5-7-21(19)26-22)25(29)31-16-23(28)17-8-10-18(30-2)11-9-17/h4-11H,3,12-16H2,1-2H3. The van der Waals surface area contributed by atoms with Gasteiger partial charge in [0.05, 0.1) is 18.2 Å². The summed E-state index contributed by atoms with van der Waals surface area (Å²) in [6.45, 7) is 4.40. The molecule has 1 aliphatic heterocycles. The van der Waals surface area contributed by atoms with Crippen molar-refractivity contribution in [2.75, 3.05) is 26.8 Å². The summed E-state index contributed by atoms with van der Waals surface area (Å²) in [5.74, 6) is -0.0639. The Hall–Kier alpha value is -3.25. The second kappa shape index (κ2) is 9.27. The number of Topliss-reactive ketones (excluding diaryl/α,β-unsaturated/α-hetero) is 1. The number of carbonyl (C=O) groups excluding carboxylic acids is 2. The average Bonchev–Trinajstić information content (AvgIpc) is 2.81. The van der Waals surface area contributed by atoms with Gasteiger partial charge in [0.25, 0.3) is 0 Å². The van der Waals surface area contributed by atoms with Gasteiger partial charge in [-0.1, -0.05) is 25.1 Å². The zero-order valence-corrected chi connectivity index (χ0v) is 17.9. The number of fused-ring (bicyclic) bond motifs is 2. The first-order valence-electron chi connectivity index (χ1n) is 10.6. The van der Waals surface area contributed by atoms with E-state index >= 15 is 0 Å². The van der Waals surface area contributed by atoms with Crippen molar-refractivity contribution in [1.29, 1.82) is 0 Å². The van der Waals surface area contributed by atoms with Gasteiger partial charge in [0.15, 0.2) is 12.4 Å². The molecule has 0 fully saturated rings. The summed E-state index contributed by atoms with van der Waals surface area (Å²) in [7, 11) is 1.57. The second-order valence-electron chi connectivity index (χ2n) is 7.68. The number of methoxy groups -OCH3 is 1. The number of nitrogens with zero attached hydrogens (tertiary/aromatic N) is 2. The summed E-state index contributed by atoms with van der Waals surface area (Å²) >= 11 is 0. The lowest BCUT2D eigenvalue weighted by molar-refractivity contribution is 0.0474. The lowest BCUT2D eigenvalue weighted by atomic mass is 9.95. The molecule has 1 aromatic heterocycles. The summed E-state index contributed by atoms with van der Waals surface area (Å²) in [4.78, 5) is 32.9. The monoisotopic (exact) mass is 418 g/mol. The molecule has 0 radical (unpaired) electrons. The quantitative estimate of drug-likeness (QED) is 0.426. The highest BCUT2D eigenvalue weighted by Gasteiger charge is 2.26. The van der Waals surface area contributed by atoms with Gasteiger partial charge in [0, 0.05) is 41.7 Å². The Morgan fingerprint density at radius 3 is 2.61 bits per heavy atom. The number of aromatic nitrogens is 1. The summed E-state index contributed by atoms with van der Waals surface area (Å²) in [5.41, 5.74) is 3.65. The second-order valence-corrected chi connectivity index (χ2v) is 7.68. The van der Waals surface area contributed by atoms with Crippen LogP contribution < -0.4 is 4.74 Å². The van der Waals surface area contributed by atoms with E-state index in [0.29, 0.717) is 23.4 Å². The predicted molar refractivity (Wildman–Crippen MR) is 119 cm³/mol. The van der Waals surface area contributed by atoms with Crippen LogP contribution in [0.2, 0.25) is 0 Å². The van der Waals surface area contributed by atoms with Crippen LogP contribution in [0.4, 0.5) is 0 Å². The average molecular weight is 418 g/mol. The first-order valence-corrected chi connectivity index (χ1v) is 10.6. The fourth-order valence-electron chi connectivity index (χ4n) is 4.05. The van der Waals surface area contributed by atoms with Crippen molar-refractivity contribution in [1.82, 2.24) is 9.88 Å². The number of para-hydroxylation sites is 1. The van der Waals surface area contributed by atoms with Crippen molar-refractivity contribution in [3.63, 3.8) is 0 Å². The van der Waals surface area contributed by atoms with Crippen LogP contribution in [-0.2, 0) is 17.7 Å². The van der Waals surface area contributed by atoms with Crippen molar-refractivity contribution >= 4 is 22.7 Å². The van der Waals surface area contributed by atoms with Crippen molar-refractivity contribution in [2.24, 2.45) is 0 Å². The van der Waals surface area contributed by atoms with E-state index in [1.54, 1.807) is 31.4 Å². The maximum Gasteiger partial charge on any atom is 0.339 e. The molecule has 6 heteroatoms. The Labute approximate surface area is 181 Å². The minimum Gasteiger partial charge on any atom is -0.497 e. The Balaban J connectivity index is 1.60. The minimum absolute atomic E-state index is 0.254. The predicted octanol–water partition coefficient (Wildman–Crippen LogP) is 4.05. The number of carbonyl (C=O) groups is 2. The summed E-state index contributed by atoms with van der Waals surface area (Å²) in [6, 6.07) is 14.4. The van der Waals surface area contributed by atoms with E-state index in [1.165, 1.54) is 0 Å². The van der Waals surface area contributed by atoms with Crippen LogP contribution in [0.5, 0.6) is 5.75 Å². The number of benzene rings is 2. The van der Waals surface area contributed by atoms with Crippen LogP contribution in [0.25, 0.3) is 10.9 Å². The number of esters is 1. The van der Waals surface area contributed by atoms with Gasteiger partial charge in [0.1, 0.15) is 5.75 Å². The van der Waals surface area contributed by atoms with Gasteiger partial charge >= 0.3 is 5.97 Å². The molecule has 0 spiro atoms. The molecule has 3 aromatic rings. The smallest absolute Gasteiger partial charge is 0.339 e. The molecule has 2 heterocycles. The van der Waals surface area contributed by atoms with Crippen molar-refractivity contribution in [2.45, 2.75) is 26.3 Å². The third kappa shape index (κ3) is 4.44. The summed E-state index contributed by atoms with van der Waals surface area (Å²) < 4.78 is 10.6. The fraction of sp³-hybridized carbons (Fsp3) is 0.320. The molecule has 4 rings (SSSR count). The van der Waals surface area contributed by atoms with Crippen LogP contribution >= 0.6 is 0 Å². The Morgan fingerprint density at radius 2 is 1.87 bits per heavy atom. The maximum absolute atomic E-state index is 13.2. The number of pyridine rings is 1. The molecule has 31 heavy (non-hydrogen) atoms. The number of hydrogen-bond acceptors (Lipinski definition) is 6. The number of rotatable bonds is 7. The molecular formula is C25H26N2O4. The highest BCUT2D eigenvalue weighted by atomic mass is 16.5. The van der Waals surface area contributed by atoms with Gasteiger partial charge in [-0.2, -0.15) is 0 Å². The lowest BCUT2D eigenvalue weighted by Gasteiger charge is -2.29. The molecule has 0 atom stereocenters. The first kappa shape index (κ1) is 21.0. The number of ether oxygens (including phenoxy) is 2. The van der Waals surface area contributed by atoms with Crippen molar-refractivity contribution < 1.29 is 19.1 Å². The first-order chi connectivity index (χ1) is 15.1. The molecule has 6 nitrogen and oxygen atoms in total. The maximum atomic E-state index is 13.2. The SMILES string of the molecule is CCCN1CCc2nc3ccccc3c(C(=O)OCC(=O)c3ccc(OC)cc3)c2C1. The van der Waals surface area contributed by atoms with Crippen LogP contribution in [0.1, 0.15) is 45.3 Å². The van der Waals surface area contributed by atoms with Crippen LogP contribution in [0, 0.1) is 0 Å². The third-order valence-electron chi connectivity index (χ3n) is 5.62. The molecule has 0 amide bonds. The van der Waals surface area contributed by atoms with E-state index in [1.807, 2.05) is 24.3 Å². The molecule has 160 valence electrons. The zero-order valence-electron chi connectivity index (χ0n) is 17.9. The van der Waals surface area contributed by atoms with E-state index in [0.717, 1.165) is 48.1 Å². The van der Waals surface area contributed by atoms with Gasteiger partial charge in [-0.15, -0.1) is 0 Å². The number of ketones is 1. The highest BCUT2D eigenvalue weighted by Crippen LogP contribution is 2.29. The topological polar surface area (TPSA) is 68.7 Å². The van der Waals surface area contributed by atoms with Gasteiger partial charge < -0.3 is 9.47 Å². The highest BCUT2D eigenvalue weighted by molar-refractivity contribution is 6.06. The van der Waals surface area contributed by atoms with Crippen LogP contribution in [-0.4, -0.2) is 48.4 Å². The van der Waals surface area contributed by atoms with E-state index in [2.05, 4.69) is 11.8 Å².